The first-order chi connectivity index (χ1) is 18.0. The van der Waals surface area contributed by atoms with Crippen molar-refractivity contribution in [2.24, 2.45) is 11.8 Å². The first kappa shape index (κ1) is 25.3. The fourth-order valence-corrected chi connectivity index (χ4v) is 5.66. The average molecular weight is 497 g/mol. The van der Waals surface area contributed by atoms with Gasteiger partial charge in [-0.25, -0.2) is 4.98 Å². The van der Waals surface area contributed by atoms with Crippen LogP contribution in [0.15, 0.2) is 60.7 Å². The summed E-state index contributed by atoms with van der Waals surface area (Å²) in [5.74, 6) is 3.13. The third-order valence-electron chi connectivity index (χ3n) is 7.74. The van der Waals surface area contributed by atoms with Crippen LogP contribution >= 0.6 is 0 Å². The fourth-order valence-electron chi connectivity index (χ4n) is 5.66. The molecule has 3 aromatic carbocycles. The molecule has 5 rings (SSSR count). The number of anilines is 3. The highest BCUT2D eigenvalue weighted by Crippen LogP contribution is 2.31. The van der Waals surface area contributed by atoms with Gasteiger partial charge in [-0.05, 0) is 73.2 Å². The Morgan fingerprint density at radius 2 is 1.35 bits per heavy atom. The standard InChI is InChI=1S/C31H40N6/c1-36(2)29-18-17-24(25-9-5-6-10-26(25)29)21-32-19-22-13-15-23(16-14-22)20-33-31-34-28-12-8-7-11-27(28)30(35-31)37(3)4/h5-12,17-18,22-23,32H,13-16,19-21H2,1-4H3,(H,33,34,35). The van der Waals surface area contributed by atoms with Crippen LogP contribution in [-0.2, 0) is 6.54 Å². The summed E-state index contributed by atoms with van der Waals surface area (Å²) >= 11 is 0. The van der Waals surface area contributed by atoms with Gasteiger partial charge in [0.05, 0.1) is 5.52 Å². The Kier molecular flexibility index (Phi) is 7.75. The predicted octanol–water partition coefficient (Wildman–Crippen LogP) is 5.92. The molecule has 2 N–H and O–H groups in total. The molecule has 4 aromatic rings. The predicted molar refractivity (Wildman–Crippen MR) is 158 cm³/mol. The van der Waals surface area contributed by atoms with Crippen LogP contribution in [0, 0.1) is 11.8 Å². The van der Waals surface area contributed by atoms with Crippen molar-refractivity contribution in [1.82, 2.24) is 15.3 Å². The molecule has 1 aromatic heterocycles. The second kappa shape index (κ2) is 11.3. The van der Waals surface area contributed by atoms with Gasteiger partial charge in [-0.2, -0.15) is 4.98 Å². The van der Waals surface area contributed by atoms with Crippen molar-refractivity contribution in [3.8, 4) is 0 Å². The molecule has 6 heteroatoms. The summed E-state index contributed by atoms with van der Waals surface area (Å²) in [7, 11) is 8.30. The maximum atomic E-state index is 4.80. The Hall–Kier alpha value is -3.38. The minimum Gasteiger partial charge on any atom is -0.377 e. The van der Waals surface area contributed by atoms with E-state index < -0.39 is 0 Å². The Bertz CT molecular complexity index is 1340. The van der Waals surface area contributed by atoms with Crippen LogP contribution in [0.25, 0.3) is 21.7 Å². The number of nitrogens with zero attached hydrogens (tertiary/aromatic N) is 4. The number of fused-ring (bicyclic) bond motifs is 2. The van der Waals surface area contributed by atoms with E-state index in [-0.39, 0.29) is 0 Å². The zero-order valence-corrected chi connectivity index (χ0v) is 22.7. The number of aromatic nitrogens is 2. The molecule has 0 aliphatic heterocycles. The molecule has 6 nitrogen and oxygen atoms in total. The Balaban J connectivity index is 1.11. The van der Waals surface area contributed by atoms with Gasteiger partial charge in [0.15, 0.2) is 0 Å². The lowest BCUT2D eigenvalue weighted by atomic mass is 9.82. The SMILES string of the molecule is CN(C)c1nc(NCC2CCC(CNCc3ccc(N(C)C)c4ccccc34)CC2)nc2ccccc12. The number of nitrogens with one attached hydrogen (secondary N) is 2. The molecular weight excluding hydrogens is 456 g/mol. The molecule has 1 aliphatic rings. The molecule has 194 valence electrons. The summed E-state index contributed by atoms with van der Waals surface area (Å²) in [5.41, 5.74) is 3.65. The van der Waals surface area contributed by atoms with Gasteiger partial charge in [-0.3, -0.25) is 0 Å². The van der Waals surface area contributed by atoms with Crippen LogP contribution in [0.3, 0.4) is 0 Å². The lowest BCUT2D eigenvalue weighted by Crippen LogP contribution is -2.28. The monoisotopic (exact) mass is 496 g/mol. The van der Waals surface area contributed by atoms with E-state index in [1.54, 1.807) is 0 Å². The highest BCUT2D eigenvalue weighted by molar-refractivity contribution is 5.96. The highest BCUT2D eigenvalue weighted by Gasteiger charge is 2.21. The molecule has 0 atom stereocenters. The molecule has 0 radical (unpaired) electrons. The molecule has 1 heterocycles. The summed E-state index contributed by atoms with van der Waals surface area (Å²) in [6, 6.07) is 21.5. The third kappa shape index (κ3) is 5.80. The van der Waals surface area contributed by atoms with E-state index in [4.69, 9.17) is 9.97 Å². The van der Waals surface area contributed by atoms with Crippen molar-refractivity contribution < 1.29 is 0 Å². The molecule has 0 spiro atoms. The van der Waals surface area contributed by atoms with Gasteiger partial charge in [0.25, 0.3) is 0 Å². The zero-order chi connectivity index (χ0) is 25.8. The van der Waals surface area contributed by atoms with Crippen LogP contribution < -0.4 is 20.4 Å². The maximum Gasteiger partial charge on any atom is 0.225 e. The van der Waals surface area contributed by atoms with Gasteiger partial charge in [0.1, 0.15) is 5.82 Å². The highest BCUT2D eigenvalue weighted by atomic mass is 15.2. The molecule has 0 bridgehead atoms. The van der Waals surface area contributed by atoms with E-state index >= 15 is 0 Å². The summed E-state index contributed by atoms with van der Waals surface area (Å²) in [6.07, 6.45) is 5.07. The van der Waals surface area contributed by atoms with E-state index in [1.807, 2.05) is 26.2 Å². The smallest absolute Gasteiger partial charge is 0.225 e. The largest absolute Gasteiger partial charge is 0.377 e. The maximum absolute atomic E-state index is 4.80. The first-order valence-electron chi connectivity index (χ1n) is 13.6. The summed E-state index contributed by atoms with van der Waals surface area (Å²) in [5, 5.41) is 11.1. The number of hydrogen-bond acceptors (Lipinski definition) is 6. The molecule has 37 heavy (non-hydrogen) atoms. The Labute approximate surface area is 221 Å². The van der Waals surface area contributed by atoms with Gasteiger partial charge in [-0.15, -0.1) is 0 Å². The van der Waals surface area contributed by atoms with Crippen LogP contribution in [0.1, 0.15) is 31.2 Å². The van der Waals surface area contributed by atoms with Crippen molar-refractivity contribution in [1.29, 1.82) is 0 Å². The van der Waals surface area contributed by atoms with Gasteiger partial charge >= 0.3 is 0 Å². The number of para-hydroxylation sites is 1. The Morgan fingerprint density at radius 1 is 0.703 bits per heavy atom. The van der Waals surface area contributed by atoms with Crippen molar-refractivity contribution in [2.75, 3.05) is 56.4 Å². The van der Waals surface area contributed by atoms with E-state index in [0.29, 0.717) is 5.92 Å². The lowest BCUT2D eigenvalue weighted by Gasteiger charge is -2.29. The first-order valence-corrected chi connectivity index (χ1v) is 13.6. The van der Waals surface area contributed by atoms with Crippen LogP contribution in [0.4, 0.5) is 17.5 Å². The normalized spacial score (nSPS) is 17.7. The molecule has 1 saturated carbocycles. The van der Waals surface area contributed by atoms with Crippen LogP contribution in [0.5, 0.6) is 0 Å². The molecule has 1 fully saturated rings. The molecule has 0 unspecified atom stereocenters. The van der Waals surface area contributed by atoms with Crippen molar-refractivity contribution in [2.45, 2.75) is 32.2 Å². The zero-order valence-electron chi connectivity index (χ0n) is 22.7. The van der Waals surface area contributed by atoms with Gasteiger partial charge < -0.3 is 20.4 Å². The topological polar surface area (TPSA) is 56.3 Å². The van der Waals surface area contributed by atoms with Gasteiger partial charge in [-0.1, -0.05) is 42.5 Å². The van der Waals surface area contributed by atoms with E-state index in [9.17, 15) is 0 Å². The quantitative estimate of drug-likeness (QED) is 0.300. The summed E-state index contributed by atoms with van der Waals surface area (Å²) in [4.78, 5) is 13.8. The van der Waals surface area contributed by atoms with Gasteiger partial charge in [0.2, 0.25) is 5.95 Å². The lowest BCUT2D eigenvalue weighted by molar-refractivity contribution is 0.275. The Morgan fingerprint density at radius 3 is 2.05 bits per heavy atom. The summed E-state index contributed by atoms with van der Waals surface area (Å²) in [6.45, 7) is 2.95. The third-order valence-corrected chi connectivity index (χ3v) is 7.74. The van der Waals surface area contributed by atoms with E-state index in [0.717, 1.165) is 48.2 Å². The number of rotatable bonds is 9. The van der Waals surface area contributed by atoms with Gasteiger partial charge in [0, 0.05) is 57.7 Å². The summed E-state index contributed by atoms with van der Waals surface area (Å²) < 4.78 is 0. The van der Waals surface area contributed by atoms with Crippen molar-refractivity contribution >= 4 is 39.1 Å². The second-order valence-electron chi connectivity index (χ2n) is 10.9. The molecule has 1 aliphatic carbocycles. The average Bonchev–Trinajstić information content (AvgIpc) is 2.92. The van der Waals surface area contributed by atoms with Crippen molar-refractivity contribution in [3.05, 3.63) is 66.2 Å². The van der Waals surface area contributed by atoms with Crippen LogP contribution in [-0.4, -0.2) is 51.2 Å². The minimum atomic E-state index is 0.677. The van der Waals surface area contributed by atoms with Crippen molar-refractivity contribution in [3.63, 3.8) is 0 Å². The second-order valence-corrected chi connectivity index (χ2v) is 10.9. The van der Waals surface area contributed by atoms with Crippen LogP contribution in [0.2, 0.25) is 0 Å². The minimum absolute atomic E-state index is 0.677. The molecular formula is C31H40N6. The fraction of sp³-hybridized carbons (Fsp3) is 0.419. The number of benzene rings is 3. The molecule has 0 saturated heterocycles. The van der Waals surface area contributed by atoms with E-state index in [2.05, 4.69) is 83.1 Å². The van der Waals surface area contributed by atoms with E-state index in [1.165, 1.54) is 47.7 Å². The molecule has 0 amide bonds. The number of hydrogen-bond donors (Lipinski definition) is 2.